The summed E-state index contributed by atoms with van der Waals surface area (Å²) in [6.07, 6.45) is 1.58. The minimum absolute atomic E-state index is 0.156. The van der Waals surface area contributed by atoms with Crippen LogP contribution in [0, 0.1) is 0 Å². The second-order valence-electron chi connectivity index (χ2n) is 4.98. The van der Waals surface area contributed by atoms with Gasteiger partial charge in [0.1, 0.15) is 12.4 Å². The highest BCUT2D eigenvalue weighted by Crippen LogP contribution is 2.31. The van der Waals surface area contributed by atoms with Crippen LogP contribution >= 0.6 is 0 Å². The van der Waals surface area contributed by atoms with Gasteiger partial charge in [-0.3, -0.25) is 4.98 Å². The fraction of sp³-hybridized carbons (Fsp3) is 0.0526. The van der Waals surface area contributed by atoms with Crippen LogP contribution in [0.5, 0.6) is 5.75 Å². The maximum atomic E-state index is 11.4. The maximum absolute atomic E-state index is 11.4. The maximum Gasteiger partial charge on any atom is 0.337 e. The molecule has 1 N–H and O–H groups in total. The second kappa shape index (κ2) is 6.75. The summed E-state index contributed by atoms with van der Waals surface area (Å²) in [6, 6.07) is 20.3. The fourth-order valence-corrected chi connectivity index (χ4v) is 2.32. The van der Waals surface area contributed by atoms with E-state index in [1.54, 1.807) is 18.3 Å². The van der Waals surface area contributed by atoms with E-state index in [2.05, 4.69) is 4.98 Å². The Hall–Kier alpha value is -3.14. The van der Waals surface area contributed by atoms with Crippen LogP contribution in [0.3, 0.4) is 0 Å². The van der Waals surface area contributed by atoms with Crippen molar-refractivity contribution in [2.45, 2.75) is 6.61 Å². The number of hydrogen-bond donors (Lipinski definition) is 1. The molecule has 4 nitrogen and oxygen atoms in total. The summed E-state index contributed by atoms with van der Waals surface area (Å²) in [5.74, 6) is -0.400. The van der Waals surface area contributed by atoms with Crippen LogP contribution in [0.2, 0.25) is 0 Å². The molecule has 23 heavy (non-hydrogen) atoms. The van der Waals surface area contributed by atoms with Gasteiger partial charge in [0.15, 0.2) is 0 Å². The summed E-state index contributed by atoms with van der Waals surface area (Å²) < 4.78 is 5.88. The van der Waals surface area contributed by atoms with Crippen molar-refractivity contribution in [1.29, 1.82) is 0 Å². The van der Waals surface area contributed by atoms with Crippen LogP contribution in [-0.4, -0.2) is 16.1 Å². The van der Waals surface area contributed by atoms with E-state index >= 15 is 0 Å². The first kappa shape index (κ1) is 14.8. The first-order valence-corrected chi connectivity index (χ1v) is 7.20. The number of nitrogens with zero attached hydrogens (tertiary/aromatic N) is 1. The number of hydrogen-bond acceptors (Lipinski definition) is 3. The Kier molecular flexibility index (Phi) is 4.34. The Balaban J connectivity index is 1.94. The number of carboxylic acid groups (broad SMARTS) is 1. The number of rotatable bonds is 5. The molecule has 0 aliphatic carbocycles. The molecule has 0 radical (unpaired) electrons. The van der Waals surface area contributed by atoms with E-state index in [-0.39, 0.29) is 5.56 Å². The molecule has 0 fully saturated rings. The van der Waals surface area contributed by atoms with Crippen LogP contribution in [-0.2, 0) is 6.61 Å². The molecular formula is C19H15NO3. The van der Waals surface area contributed by atoms with Crippen LogP contribution in [0.15, 0.2) is 72.9 Å². The number of aromatic carboxylic acids is 1. The van der Waals surface area contributed by atoms with Crippen LogP contribution < -0.4 is 4.74 Å². The van der Waals surface area contributed by atoms with E-state index in [1.807, 2.05) is 54.6 Å². The summed E-state index contributed by atoms with van der Waals surface area (Å²) in [4.78, 5) is 15.6. The lowest BCUT2D eigenvalue weighted by Crippen LogP contribution is -2.03. The molecule has 3 rings (SSSR count). The van der Waals surface area contributed by atoms with E-state index in [1.165, 1.54) is 0 Å². The summed E-state index contributed by atoms with van der Waals surface area (Å²) in [7, 11) is 0. The summed E-state index contributed by atoms with van der Waals surface area (Å²) in [5, 5.41) is 9.34. The van der Waals surface area contributed by atoms with Gasteiger partial charge in [0, 0.05) is 11.8 Å². The molecule has 0 spiro atoms. The molecule has 1 aromatic heterocycles. The molecule has 0 unspecified atom stereocenters. The van der Waals surface area contributed by atoms with Gasteiger partial charge in [0.2, 0.25) is 0 Å². The van der Waals surface area contributed by atoms with Gasteiger partial charge in [-0.2, -0.15) is 0 Å². The van der Waals surface area contributed by atoms with E-state index in [0.717, 1.165) is 5.56 Å². The van der Waals surface area contributed by atoms with E-state index in [4.69, 9.17) is 4.74 Å². The standard InChI is InChI=1S/C19H15NO3/c21-19(22)16-10-6-12-20-18(16)15-9-4-5-11-17(15)23-13-14-7-2-1-3-8-14/h1-12H,13H2,(H,21,22). The molecule has 0 atom stereocenters. The molecule has 0 aliphatic rings. The predicted molar refractivity (Wildman–Crippen MR) is 87.4 cm³/mol. The third-order valence-electron chi connectivity index (χ3n) is 3.42. The van der Waals surface area contributed by atoms with Crippen molar-refractivity contribution in [2.24, 2.45) is 0 Å². The van der Waals surface area contributed by atoms with Crippen molar-refractivity contribution in [3.8, 4) is 17.0 Å². The minimum Gasteiger partial charge on any atom is -0.488 e. The Labute approximate surface area is 134 Å². The van der Waals surface area contributed by atoms with E-state index in [9.17, 15) is 9.90 Å². The Morgan fingerprint density at radius 2 is 1.70 bits per heavy atom. The van der Waals surface area contributed by atoms with Gasteiger partial charge in [-0.25, -0.2) is 4.79 Å². The number of aromatic nitrogens is 1. The number of carboxylic acids is 1. The lowest BCUT2D eigenvalue weighted by atomic mass is 10.0. The largest absolute Gasteiger partial charge is 0.488 e. The molecule has 0 amide bonds. The number of ether oxygens (including phenoxy) is 1. The van der Waals surface area contributed by atoms with Crippen LogP contribution in [0.25, 0.3) is 11.3 Å². The molecule has 0 bridgehead atoms. The molecule has 2 aromatic carbocycles. The van der Waals surface area contributed by atoms with E-state index < -0.39 is 5.97 Å². The van der Waals surface area contributed by atoms with Crippen LogP contribution in [0.1, 0.15) is 15.9 Å². The molecule has 0 aliphatic heterocycles. The Morgan fingerprint density at radius 1 is 0.957 bits per heavy atom. The number of pyridine rings is 1. The minimum atomic E-state index is -1.01. The SMILES string of the molecule is O=C(O)c1cccnc1-c1ccccc1OCc1ccccc1. The van der Waals surface area contributed by atoms with Gasteiger partial charge in [0.05, 0.1) is 11.3 Å². The first-order chi connectivity index (χ1) is 11.3. The van der Waals surface area contributed by atoms with Gasteiger partial charge in [-0.1, -0.05) is 42.5 Å². The van der Waals surface area contributed by atoms with Crippen LogP contribution in [0.4, 0.5) is 0 Å². The third-order valence-corrected chi connectivity index (χ3v) is 3.42. The van der Waals surface area contributed by atoms with Gasteiger partial charge in [0.25, 0.3) is 0 Å². The normalized spacial score (nSPS) is 10.3. The Morgan fingerprint density at radius 3 is 2.48 bits per heavy atom. The summed E-state index contributed by atoms with van der Waals surface area (Å²) >= 11 is 0. The lowest BCUT2D eigenvalue weighted by molar-refractivity contribution is 0.0697. The van der Waals surface area contributed by atoms with Crippen molar-refractivity contribution in [1.82, 2.24) is 4.98 Å². The van der Waals surface area contributed by atoms with Gasteiger partial charge >= 0.3 is 5.97 Å². The van der Waals surface area contributed by atoms with Crippen molar-refractivity contribution >= 4 is 5.97 Å². The highest BCUT2D eigenvalue weighted by molar-refractivity contribution is 5.95. The smallest absolute Gasteiger partial charge is 0.337 e. The fourth-order valence-electron chi connectivity index (χ4n) is 2.32. The average Bonchev–Trinajstić information content (AvgIpc) is 2.61. The zero-order valence-electron chi connectivity index (χ0n) is 12.3. The summed E-state index contributed by atoms with van der Waals surface area (Å²) in [5.41, 5.74) is 2.27. The third kappa shape index (κ3) is 3.37. The lowest BCUT2D eigenvalue weighted by Gasteiger charge is -2.12. The number of carbonyl (C=O) groups is 1. The monoisotopic (exact) mass is 305 g/mol. The predicted octanol–water partition coefficient (Wildman–Crippen LogP) is 4.03. The van der Waals surface area contributed by atoms with Crippen molar-refractivity contribution < 1.29 is 14.6 Å². The zero-order valence-corrected chi connectivity index (χ0v) is 12.3. The molecular weight excluding hydrogens is 290 g/mol. The van der Waals surface area contributed by atoms with Gasteiger partial charge in [-0.15, -0.1) is 0 Å². The quantitative estimate of drug-likeness (QED) is 0.773. The van der Waals surface area contributed by atoms with Crippen molar-refractivity contribution in [3.05, 3.63) is 84.1 Å². The Bertz CT molecular complexity index is 816. The summed E-state index contributed by atoms with van der Waals surface area (Å²) in [6.45, 7) is 0.410. The number of para-hydroxylation sites is 1. The first-order valence-electron chi connectivity index (χ1n) is 7.20. The zero-order chi connectivity index (χ0) is 16.1. The number of benzene rings is 2. The van der Waals surface area contributed by atoms with Crippen molar-refractivity contribution in [3.63, 3.8) is 0 Å². The molecule has 3 aromatic rings. The topological polar surface area (TPSA) is 59.4 Å². The molecule has 4 heteroatoms. The molecule has 0 saturated carbocycles. The van der Waals surface area contributed by atoms with Crippen molar-refractivity contribution in [2.75, 3.05) is 0 Å². The van der Waals surface area contributed by atoms with Gasteiger partial charge < -0.3 is 9.84 Å². The second-order valence-corrected chi connectivity index (χ2v) is 4.98. The van der Waals surface area contributed by atoms with E-state index in [0.29, 0.717) is 23.6 Å². The molecule has 1 heterocycles. The highest BCUT2D eigenvalue weighted by Gasteiger charge is 2.15. The average molecular weight is 305 g/mol. The molecule has 0 saturated heterocycles. The molecule has 114 valence electrons. The van der Waals surface area contributed by atoms with Gasteiger partial charge in [-0.05, 0) is 29.8 Å². The highest BCUT2D eigenvalue weighted by atomic mass is 16.5.